The van der Waals surface area contributed by atoms with E-state index in [1.54, 1.807) is 6.20 Å². The topological polar surface area (TPSA) is 74.7 Å². The molecule has 2 N–H and O–H groups in total. The lowest BCUT2D eigenvalue weighted by Gasteiger charge is -2.29. The van der Waals surface area contributed by atoms with Crippen molar-refractivity contribution in [2.75, 3.05) is 31.2 Å². The monoisotopic (exact) mass is 333 g/mol. The summed E-state index contributed by atoms with van der Waals surface area (Å²) in [7, 11) is 0. The fraction of sp³-hybridized carbons (Fsp3) is 0.667. The highest BCUT2D eigenvalue weighted by molar-refractivity contribution is 5.80. The second-order valence-electron chi connectivity index (χ2n) is 6.65. The number of aliphatic hydroxyl groups excluding tert-OH is 1. The zero-order chi connectivity index (χ0) is 16.8. The first-order chi connectivity index (χ1) is 11.8. The van der Waals surface area contributed by atoms with E-state index in [9.17, 15) is 9.90 Å². The molecule has 1 atom stereocenters. The van der Waals surface area contributed by atoms with Crippen LogP contribution in [0.1, 0.15) is 37.7 Å². The highest BCUT2D eigenvalue weighted by Crippen LogP contribution is 2.22. The van der Waals surface area contributed by atoms with Crippen molar-refractivity contribution in [1.82, 2.24) is 10.3 Å². The van der Waals surface area contributed by atoms with E-state index in [0.29, 0.717) is 19.8 Å². The van der Waals surface area contributed by atoms with Crippen LogP contribution in [0.3, 0.4) is 0 Å². The number of anilines is 1. The first kappa shape index (κ1) is 17.2. The molecule has 6 nitrogen and oxygen atoms in total. The Hall–Kier alpha value is -1.66. The zero-order valence-electron chi connectivity index (χ0n) is 14.1. The van der Waals surface area contributed by atoms with E-state index < -0.39 is 6.10 Å². The summed E-state index contributed by atoms with van der Waals surface area (Å²) in [5, 5.41) is 13.1. The Morgan fingerprint density at radius 3 is 2.83 bits per heavy atom. The number of aliphatic hydroxyl groups is 1. The van der Waals surface area contributed by atoms with Crippen LogP contribution in [0, 0.1) is 5.92 Å². The van der Waals surface area contributed by atoms with Gasteiger partial charge < -0.3 is 20.1 Å². The molecule has 0 unspecified atom stereocenters. The minimum atomic E-state index is -0.955. The molecule has 0 aromatic carbocycles. The van der Waals surface area contributed by atoms with E-state index in [1.165, 1.54) is 19.3 Å². The average Bonchev–Trinajstić information content (AvgIpc) is 2.67. The largest absolute Gasteiger partial charge is 0.383 e. The Kier molecular flexibility index (Phi) is 6.04. The number of rotatable bonds is 5. The number of nitrogens with zero attached hydrogens (tertiary/aromatic N) is 2. The molecule has 2 fully saturated rings. The van der Waals surface area contributed by atoms with Gasteiger partial charge in [-0.15, -0.1) is 0 Å². The van der Waals surface area contributed by atoms with Gasteiger partial charge in [-0.25, -0.2) is 4.98 Å². The van der Waals surface area contributed by atoms with Gasteiger partial charge in [0, 0.05) is 44.6 Å². The third-order valence-corrected chi connectivity index (χ3v) is 4.96. The highest BCUT2D eigenvalue weighted by atomic mass is 16.5. The van der Waals surface area contributed by atoms with Gasteiger partial charge in [-0.1, -0.05) is 6.07 Å². The molecule has 1 aromatic heterocycles. The number of hydrogen-bond acceptors (Lipinski definition) is 5. The maximum absolute atomic E-state index is 12.3. The van der Waals surface area contributed by atoms with Gasteiger partial charge in [0.25, 0.3) is 0 Å². The predicted molar refractivity (Wildman–Crippen MR) is 91.7 cm³/mol. The Bertz CT molecular complexity index is 540. The molecule has 132 valence electrons. The Balaban J connectivity index is 1.58. The number of amides is 1. The molecule has 0 aliphatic carbocycles. The summed E-state index contributed by atoms with van der Waals surface area (Å²) in [6.07, 6.45) is 5.96. The van der Waals surface area contributed by atoms with Crippen molar-refractivity contribution in [3.63, 3.8) is 0 Å². The van der Waals surface area contributed by atoms with Crippen molar-refractivity contribution >= 4 is 11.7 Å². The predicted octanol–water partition coefficient (Wildman–Crippen LogP) is 1.48. The molecule has 0 saturated carbocycles. The van der Waals surface area contributed by atoms with Crippen LogP contribution in [0.25, 0.3) is 0 Å². The summed E-state index contributed by atoms with van der Waals surface area (Å²) >= 11 is 0. The molecule has 6 heteroatoms. The van der Waals surface area contributed by atoms with E-state index in [1.807, 2.05) is 12.1 Å². The van der Waals surface area contributed by atoms with Gasteiger partial charge in [-0.2, -0.15) is 0 Å². The van der Waals surface area contributed by atoms with Crippen LogP contribution in [0.4, 0.5) is 5.82 Å². The molecular weight excluding hydrogens is 306 g/mol. The van der Waals surface area contributed by atoms with Crippen molar-refractivity contribution in [3.05, 3.63) is 23.9 Å². The number of aromatic nitrogens is 1. The normalized spacial score (nSPS) is 20.6. The zero-order valence-corrected chi connectivity index (χ0v) is 14.1. The van der Waals surface area contributed by atoms with Gasteiger partial charge in [0.15, 0.2) is 0 Å². The van der Waals surface area contributed by atoms with Crippen molar-refractivity contribution < 1.29 is 14.6 Å². The molecule has 0 radical (unpaired) electrons. The first-order valence-electron chi connectivity index (χ1n) is 8.98. The second-order valence-corrected chi connectivity index (χ2v) is 6.65. The van der Waals surface area contributed by atoms with Crippen LogP contribution in [0.2, 0.25) is 0 Å². The van der Waals surface area contributed by atoms with E-state index >= 15 is 0 Å². The smallest absolute Gasteiger partial charge is 0.249 e. The Labute approximate surface area is 143 Å². The quantitative estimate of drug-likeness (QED) is 0.854. The third kappa shape index (κ3) is 4.24. The molecule has 2 saturated heterocycles. The maximum atomic E-state index is 12.3. The minimum Gasteiger partial charge on any atom is -0.383 e. The van der Waals surface area contributed by atoms with Gasteiger partial charge in [0.1, 0.15) is 11.9 Å². The summed E-state index contributed by atoms with van der Waals surface area (Å²) in [5.74, 6) is 0.655. The summed E-state index contributed by atoms with van der Waals surface area (Å²) in [4.78, 5) is 19.1. The number of ether oxygens (including phenoxy) is 1. The van der Waals surface area contributed by atoms with Crippen LogP contribution in [-0.2, 0) is 16.1 Å². The minimum absolute atomic E-state index is 0.00536. The lowest BCUT2D eigenvalue weighted by Crippen LogP contribution is -2.41. The van der Waals surface area contributed by atoms with Gasteiger partial charge in [0.05, 0.1) is 0 Å². The number of nitrogens with one attached hydrogen (secondary N) is 1. The lowest BCUT2D eigenvalue weighted by molar-refractivity contribution is -0.134. The van der Waals surface area contributed by atoms with Crippen molar-refractivity contribution in [2.45, 2.75) is 44.8 Å². The van der Waals surface area contributed by atoms with Crippen molar-refractivity contribution in [1.29, 1.82) is 0 Å². The third-order valence-electron chi connectivity index (χ3n) is 4.96. The summed E-state index contributed by atoms with van der Waals surface area (Å²) < 4.78 is 5.29. The SMILES string of the molecule is O=C(NCc1cccnc1N1CCCCC1)[C@@H](O)C1CCOCC1. The van der Waals surface area contributed by atoms with Crippen LogP contribution in [0.15, 0.2) is 18.3 Å². The molecule has 0 bridgehead atoms. The number of pyridine rings is 1. The van der Waals surface area contributed by atoms with E-state index in [-0.39, 0.29) is 11.8 Å². The van der Waals surface area contributed by atoms with E-state index in [2.05, 4.69) is 15.2 Å². The number of piperidine rings is 1. The number of carbonyl (C=O) groups is 1. The van der Waals surface area contributed by atoms with E-state index in [4.69, 9.17) is 4.74 Å². The van der Waals surface area contributed by atoms with Crippen LogP contribution < -0.4 is 10.2 Å². The van der Waals surface area contributed by atoms with Crippen molar-refractivity contribution in [3.8, 4) is 0 Å². The fourth-order valence-corrected chi connectivity index (χ4v) is 3.49. The standard InChI is InChI=1S/C18H27N3O3/c22-16(14-6-11-24-12-7-14)18(23)20-13-15-5-4-8-19-17(15)21-9-2-1-3-10-21/h4-5,8,14,16,22H,1-3,6-7,9-13H2,(H,20,23)/t16-/m0/s1. The molecule has 3 rings (SSSR count). The molecule has 2 aliphatic heterocycles. The molecule has 2 aliphatic rings. The molecular formula is C18H27N3O3. The number of hydrogen-bond donors (Lipinski definition) is 2. The first-order valence-corrected chi connectivity index (χ1v) is 8.98. The molecule has 0 spiro atoms. The highest BCUT2D eigenvalue weighted by Gasteiger charge is 2.28. The Morgan fingerprint density at radius 1 is 1.33 bits per heavy atom. The van der Waals surface area contributed by atoms with Crippen LogP contribution >= 0.6 is 0 Å². The maximum Gasteiger partial charge on any atom is 0.249 e. The van der Waals surface area contributed by atoms with E-state index in [0.717, 1.165) is 37.3 Å². The van der Waals surface area contributed by atoms with Gasteiger partial charge in [-0.3, -0.25) is 4.79 Å². The summed E-state index contributed by atoms with van der Waals surface area (Å²) in [6.45, 7) is 3.68. The molecule has 1 amide bonds. The van der Waals surface area contributed by atoms with Gasteiger partial charge in [0.2, 0.25) is 5.91 Å². The lowest BCUT2D eigenvalue weighted by atomic mass is 9.93. The fourth-order valence-electron chi connectivity index (χ4n) is 3.49. The molecule has 3 heterocycles. The van der Waals surface area contributed by atoms with Crippen molar-refractivity contribution in [2.24, 2.45) is 5.92 Å². The summed E-state index contributed by atoms with van der Waals surface area (Å²) in [5.41, 5.74) is 1.01. The summed E-state index contributed by atoms with van der Waals surface area (Å²) in [6, 6.07) is 3.89. The van der Waals surface area contributed by atoms with Gasteiger partial charge >= 0.3 is 0 Å². The van der Waals surface area contributed by atoms with Crippen LogP contribution in [0.5, 0.6) is 0 Å². The number of carbonyl (C=O) groups excluding carboxylic acids is 1. The Morgan fingerprint density at radius 2 is 2.08 bits per heavy atom. The van der Waals surface area contributed by atoms with Gasteiger partial charge in [-0.05, 0) is 44.1 Å². The molecule has 24 heavy (non-hydrogen) atoms. The second kappa shape index (κ2) is 8.44. The van der Waals surface area contributed by atoms with Crippen LogP contribution in [-0.4, -0.2) is 48.4 Å². The average molecular weight is 333 g/mol. The molecule has 1 aromatic rings.